The van der Waals surface area contributed by atoms with E-state index in [-0.39, 0.29) is 36.0 Å². The maximum atomic E-state index is 12.2. The van der Waals surface area contributed by atoms with Crippen LogP contribution in [0.1, 0.15) is 52.9 Å². The minimum absolute atomic E-state index is 0. The van der Waals surface area contributed by atoms with Crippen LogP contribution in [-0.4, -0.2) is 75.4 Å². The molecule has 0 aromatic heterocycles. The minimum atomic E-state index is -0.479. The van der Waals surface area contributed by atoms with Gasteiger partial charge in [0.25, 0.3) is 0 Å². The summed E-state index contributed by atoms with van der Waals surface area (Å²) in [6, 6.07) is 0. The number of halogens is 1. The van der Waals surface area contributed by atoms with Crippen LogP contribution in [0.4, 0.5) is 0 Å². The third-order valence-electron chi connectivity index (χ3n) is 5.39. The Kier molecular flexibility index (Phi) is 11.7. The Bertz CT molecular complexity index is 488. The van der Waals surface area contributed by atoms with Gasteiger partial charge in [-0.25, -0.2) is 0 Å². The van der Waals surface area contributed by atoms with Crippen LogP contribution in [0.15, 0.2) is 4.99 Å². The average molecular weight is 510 g/mol. The van der Waals surface area contributed by atoms with Crippen LogP contribution in [0.5, 0.6) is 0 Å². The Labute approximate surface area is 187 Å². The van der Waals surface area contributed by atoms with Gasteiger partial charge in [-0.3, -0.25) is 9.79 Å². The molecule has 0 aliphatic carbocycles. The van der Waals surface area contributed by atoms with E-state index in [9.17, 15) is 4.79 Å². The Morgan fingerprint density at radius 3 is 2.50 bits per heavy atom. The summed E-state index contributed by atoms with van der Waals surface area (Å²) in [6.07, 6.45) is 6.12. The van der Waals surface area contributed by atoms with Gasteiger partial charge in [0.05, 0.1) is 24.2 Å². The van der Waals surface area contributed by atoms with Crippen molar-refractivity contribution in [2.45, 2.75) is 65.1 Å². The molecule has 0 aromatic rings. The van der Waals surface area contributed by atoms with Gasteiger partial charge in [-0.2, -0.15) is 0 Å². The molecule has 1 atom stereocenters. The molecule has 0 aromatic carbocycles. The molecule has 2 aliphatic rings. The zero-order chi connectivity index (χ0) is 19.7. The summed E-state index contributed by atoms with van der Waals surface area (Å²) in [5, 5.41) is 6.27. The van der Waals surface area contributed by atoms with Gasteiger partial charge in [0.1, 0.15) is 0 Å². The van der Waals surface area contributed by atoms with Crippen LogP contribution in [0, 0.1) is 5.41 Å². The van der Waals surface area contributed by atoms with E-state index >= 15 is 0 Å². The molecule has 2 heterocycles. The highest BCUT2D eigenvalue weighted by atomic mass is 127. The largest absolute Gasteiger partial charge is 0.376 e. The number of nitrogens with zero attached hydrogens (tertiary/aromatic N) is 2. The van der Waals surface area contributed by atoms with Gasteiger partial charge in [-0.05, 0) is 52.9 Å². The fraction of sp³-hybridized carbons (Fsp3) is 0.900. The van der Waals surface area contributed by atoms with Gasteiger partial charge < -0.3 is 25.0 Å². The van der Waals surface area contributed by atoms with E-state index in [4.69, 9.17) is 9.47 Å². The molecule has 0 radical (unpaired) electrons. The number of rotatable bonds is 7. The molecule has 164 valence electrons. The van der Waals surface area contributed by atoms with Crippen LogP contribution in [0.3, 0.4) is 0 Å². The van der Waals surface area contributed by atoms with Crippen LogP contribution in [0.2, 0.25) is 0 Å². The summed E-state index contributed by atoms with van der Waals surface area (Å²) in [6.45, 7) is 10.5. The predicted octanol–water partition coefficient (Wildman–Crippen LogP) is 2.39. The van der Waals surface area contributed by atoms with Gasteiger partial charge in [-0.1, -0.05) is 0 Å². The van der Waals surface area contributed by atoms with Crippen molar-refractivity contribution in [1.29, 1.82) is 0 Å². The van der Waals surface area contributed by atoms with E-state index in [0.29, 0.717) is 19.2 Å². The van der Waals surface area contributed by atoms with E-state index in [1.165, 1.54) is 12.8 Å². The van der Waals surface area contributed by atoms with Crippen molar-refractivity contribution < 1.29 is 14.3 Å². The van der Waals surface area contributed by atoms with Crippen molar-refractivity contribution in [2.24, 2.45) is 10.4 Å². The van der Waals surface area contributed by atoms with Crippen molar-refractivity contribution in [3.63, 3.8) is 0 Å². The van der Waals surface area contributed by atoms with Crippen molar-refractivity contribution in [2.75, 3.05) is 46.4 Å². The van der Waals surface area contributed by atoms with Crippen LogP contribution < -0.4 is 10.6 Å². The quantitative estimate of drug-likeness (QED) is 0.313. The summed E-state index contributed by atoms with van der Waals surface area (Å²) >= 11 is 0. The smallest absolute Gasteiger partial charge is 0.227 e. The molecular formula is C20H39IN4O3. The first kappa shape index (κ1) is 25.4. The third kappa shape index (κ3) is 8.02. The number of likely N-dealkylation sites (tertiary alicyclic amines) is 1. The SMILES string of the molecule is CCNC(=O)C(C)(C)CNC(=NC)N1CCC(OCC2CCCCO2)CC1.I. The highest BCUT2D eigenvalue weighted by Gasteiger charge is 2.29. The molecule has 28 heavy (non-hydrogen) atoms. The van der Waals surface area contributed by atoms with Crippen LogP contribution in [0.25, 0.3) is 0 Å². The monoisotopic (exact) mass is 510 g/mol. The lowest BCUT2D eigenvalue weighted by molar-refractivity contribution is -0.128. The van der Waals surface area contributed by atoms with Gasteiger partial charge in [0.15, 0.2) is 5.96 Å². The number of carbonyl (C=O) groups excluding carboxylic acids is 1. The lowest BCUT2D eigenvalue weighted by Gasteiger charge is -2.36. The fourth-order valence-electron chi connectivity index (χ4n) is 3.53. The Morgan fingerprint density at radius 1 is 1.21 bits per heavy atom. The number of amides is 1. The van der Waals surface area contributed by atoms with Crippen molar-refractivity contribution >= 4 is 35.8 Å². The van der Waals surface area contributed by atoms with E-state index in [1.54, 1.807) is 7.05 Å². The maximum Gasteiger partial charge on any atom is 0.227 e. The number of hydrogen-bond acceptors (Lipinski definition) is 4. The van der Waals surface area contributed by atoms with E-state index in [1.807, 2.05) is 20.8 Å². The Hall–Kier alpha value is -0.610. The molecule has 2 N–H and O–H groups in total. The van der Waals surface area contributed by atoms with Crippen LogP contribution >= 0.6 is 24.0 Å². The van der Waals surface area contributed by atoms with E-state index in [0.717, 1.165) is 51.5 Å². The summed E-state index contributed by atoms with van der Waals surface area (Å²) in [4.78, 5) is 18.8. The molecule has 7 nitrogen and oxygen atoms in total. The standard InChI is InChI=1S/C20H38N4O3.HI/c1-5-22-18(25)20(2,3)15-23-19(21-4)24-11-9-16(10-12-24)27-14-17-8-6-7-13-26-17;/h16-17H,5-15H2,1-4H3,(H,21,23)(H,22,25);1H. The molecule has 0 spiro atoms. The second-order valence-corrected chi connectivity index (χ2v) is 8.15. The molecule has 8 heteroatoms. The molecule has 2 rings (SSSR count). The number of ether oxygens (including phenoxy) is 2. The highest BCUT2D eigenvalue weighted by molar-refractivity contribution is 14.0. The van der Waals surface area contributed by atoms with Crippen molar-refractivity contribution in [1.82, 2.24) is 15.5 Å². The number of aliphatic imine (C=N–C) groups is 1. The molecule has 2 aliphatic heterocycles. The average Bonchev–Trinajstić information content (AvgIpc) is 2.68. The summed E-state index contributed by atoms with van der Waals surface area (Å²) in [7, 11) is 1.80. The summed E-state index contributed by atoms with van der Waals surface area (Å²) in [5.41, 5.74) is -0.479. The number of guanidine groups is 1. The molecule has 1 amide bonds. The fourth-order valence-corrected chi connectivity index (χ4v) is 3.53. The first-order valence-electron chi connectivity index (χ1n) is 10.4. The van der Waals surface area contributed by atoms with E-state index in [2.05, 4.69) is 20.5 Å². The van der Waals surface area contributed by atoms with Crippen molar-refractivity contribution in [3.05, 3.63) is 0 Å². The van der Waals surface area contributed by atoms with Crippen molar-refractivity contribution in [3.8, 4) is 0 Å². The topological polar surface area (TPSA) is 75.2 Å². The Balaban J connectivity index is 0.00000392. The molecule has 0 bridgehead atoms. The molecular weight excluding hydrogens is 471 g/mol. The van der Waals surface area contributed by atoms with Gasteiger partial charge in [-0.15, -0.1) is 24.0 Å². The Morgan fingerprint density at radius 2 is 1.93 bits per heavy atom. The summed E-state index contributed by atoms with van der Waals surface area (Å²) < 4.78 is 11.8. The number of hydrogen-bond donors (Lipinski definition) is 2. The highest BCUT2D eigenvalue weighted by Crippen LogP contribution is 2.18. The normalized spacial score (nSPS) is 21.8. The van der Waals surface area contributed by atoms with Gasteiger partial charge >= 0.3 is 0 Å². The molecule has 0 saturated carbocycles. The zero-order valence-corrected chi connectivity index (χ0v) is 20.3. The molecule has 2 saturated heterocycles. The molecule has 1 unspecified atom stereocenters. The second kappa shape index (κ2) is 12.8. The van der Waals surface area contributed by atoms with E-state index < -0.39 is 5.41 Å². The zero-order valence-electron chi connectivity index (χ0n) is 18.0. The first-order chi connectivity index (χ1) is 13.0. The van der Waals surface area contributed by atoms with Gasteiger partial charge in [0, 0.05) is 39.8 Å². The number of nitrogens with one attached hydrogen (secondary N) is 2. The minimum Gasteiger partial charge on any atom is -0.376 e. The van der Waals surface area contributed by atoms with Crippen LogP contribution in [-0.2, 0) is 14.3 Å². The van der Waals surface area contributed by atoms with Gasteiger partial charge in [0.2, 0.25) is 5.91 Å². The third-order valence-corrected chi connectivity index (χ3v) is 5.39. The number of carbonyl (C=O) groups is 1. The lowest BCUT2D eigenvalue weighted by atomic mass is 9.92. The molecule has 2 fully saturated rings. The second-order valence-electron chi connectivity index (χ2n) is 8.15. The summed E-state index contributed by atoms with van der Waals surface area (Å²) in [5.74, 6) is 0.923. The number of piperidine rings is 1. The maximum absolute atomic E-state index is 12.2. The predicted molar refractivity (Wildman–Crippen MR) is 123 cm³/mol. The lowest BCUT2D eigenvalue weighted by Crippen LogP contribution is -2.51. The first-order valence-corrected chi connectivity index (χ1v) is 10.4.